The normalized spacial score (nSPS) is 11.2. The van der Waals surface area contributed by atoms with Gasteiger partial charge in [-0.25, -0.2) is 0 Å². The van der Waals surface area contributed by atoms with Crippen molar-refractivity contribution in [3.63, 3.8) is 0 Å². The van der Waals surface area contributed by atoms with E-state index in [9.17, 15) is 9.90 Å². The smallest absolute Gasteiger partial charge is 0.275 e. The topological polar surface area (TPSA) is 121 Å². The molecule has 3 N–H and O–H groups in total. The minimum absolute atomic E-state index is 0.0959. The number of halogens is 1. The number of H-pyrrole nitrogens is 1. The van der Waals surface area contributed by atoms with Gasteiger partial charge in [-0.2, -0.15) is 14.6 Å². The van der Waals surface area contributed by atoms with Crippen LogP contribution in [0.4, 0.5) is 5.82 Å². The van der Waals surface area contributed by atoms with E-state index < -0.39 is 0 Å². The molecule has 4 rings (SSSR count). The number of aromatic amines is 1. The second-order valence-electron chi connectivity index (χ2n) is 5.05. The van der Waals surface area contributed by atoms with Crippen molar-refractivity contribution in [3.05, 3.63) is 51.5 Å². The van der Waals surface area contributed by atoms with Crippen LogP contribution in [0.3, 0.4) is 0 Å². The zero-order valence-electron chi connectivity index (χ0n) is 12.1. The van der Waals surface area contributed by atoms with Gasteiger partial charge in [-0.3, -0.25) is 4.79 Å². The Bertz CT molecular complexity index is 1120. The summed E-state index contributed by atoms with van der Waals surface area (Å²) in [6.45, 7) is 0.139. The van der Waals surface area contributed by atoms with Crippen LogP contribution in [0.25, 0.3) is 16.7 Å². The van der Waals surface area contributed by atoms with Crippen molar-refractivity contribution < 1.29 is 5.11 Å². The molecule has 0 aliphatic heterocycles. The van der Waals surface area contributed by atoms with E-state index in [4.69, 9.17) is 11.6 Å². The summed E-state index contributed by atoms with van der Waals surface area (Å²) in [4.78, 5) is 18.7. The Balaban J connectivity index is 1.67. The van der Waals surface area contributed by atoms with E-state index in [0.29, 0.717) is 16.1 Å². The molecule has 0 saturated carbocycles. The third-order valence-corrected chi connectivity index (χ3v) is 3.75. The standard InChI is InChI=1S/C14H10ClN7O2/c15-9-1-2-10-7(4-9)3-8(12(23)19-10)5-16-11-13(24)22-14(21-20-11)17-6-18-22/h1-4,6,16,24H,5H2,(H,19,23). The fourth-order valence-electron chi connectivity index (χ4n) is 2.34. The molecule has 3 heterocycles. The monoisotopic (exact) mass is 343 g/mol. The van der Waals surface area contributed by atoms with E-state index in [1.807, 2.05) is 0 Å². The van der Waals surface area contributed by atoms with E-state index in [2.05, 4.69) is 30.6 Å². The number of aromatic hydroxyl groups is 1. The summed E-state index contributed by atoms with van der Waals surface area (Å²) >= 11 is 5.97. The predicted molar refractivity (Wildman–Crippen MR) is 87.1 cm³/mol. The lowest BCUT2D eigenvalue weighted by atomic mass is 10.1. The van der Waals surface area contributed by atoms with Crippen molar-refractivity contribution in [3.8, 4) is 5.88 Å². The van der Waals surface area contributed by atoms with Gasteiger partial charge in [0.1, 0.15) is 6.33 Å². The van der Waals surface area contributed by atoms with Crippen LogP contribution in [-0.2, 0) is 6.54 Å². The van der Waals surface area contributed by atoms with Crippen molar-refractivity contribution in [1.82, 2.24) is 29.8 Å². The average molecular weight is 344 g/mol. The van der Waals surface area contributed by atoms with Gasteiger partial charge >= 0.3 is 0 Å². The molecule has 0 amide bonds. The van der Waals surface area contributed by atoms with E-state index in [1.165, 1.54) is 6.33 Å². The maximum Gasteiger partial charge on any atom is 0.275 e. The number of nitrogens with one attached hydrogen (secondary N) is 2. The van der Waals surface area contributed by atoms with Crippen LogP contribution in [0.1, 0.15) is 5.56 Å². The quantitative estimate of drug-likeness (QED) is 0.513. The summed E-state index contributed by atoms with van der Waals surface area (Å²) in [5, 5.41) is 25.8. The summed E-state index contributed by atoms with van der Waals surface area (Å²) in [6, 6.07) is 6.94. The predicted octanol–water partition coefficient (Wildman–Crippen LogP) is 1.33. The van der Waals surface area contributed by atoms with Gasteiger partial charge in [0.05, 0.1) is 0 Å². The highest BCUT2D eigenvalue weighted by molar-refractivity contribution is 6.31. The lowest BCUT2D eigenvalue weighted by Crippen LogP contribution is -2.16. The van der Waals surface area contributed by atoms with Crippen LogP contribution in [0.2, 0.25) is 5.02 Å². The first-order valence-corrected chi connectivity index (χ1v) is 7.30. The van der Waals surface area contributed by atoms with Crippen molar-refractivity contribution >= 4 is 34.1 Å². The van der Waals surface area contributed by atoms with Crippen molar-refractivity contribution in [2.75, 3.05) is 5.32 Å². The van der Waals surface area contributed by atoms with E-state index in [1.54, 1.807) is 24.3 Å². The molecule has 0 saturated heterocycles. The number of aromatic nitrogens is 6. The van der Waals surface area contributed by atoms with Crippen LogP contribution in [-0.4, -0.2) is 34.9 Å². The highest BCUT2D eigenvalue weighted by Gasteiger charge is 2.11. The Kier molecular flexibility index (Phi) is 3.28. The molecule has 0 aliphatic rings. The van der Waals surface area contributed by atoms with Gasteiger partial charge in [0.15, 0.2) is 0 Å². The van der Waals surface area contributed by atoms with Crippen molar-refractivity contribution in [1.29, 1.82) is 0 Å². The molecule has 0 spiro atoms. The number of anilines is 1. The number of fused-ring (bicyclic) bond motifs is 2. The first-order valence-electron chi connectivity index (χ1n) is 6.92. The number of hydrogen-bond donors (Lipinski definition) is 3. The molecular formula is C14H10ClN7O2. The van der Waals surface area contributed by atoms with Crippen LogP contribution >= 0.6 is 11.6 Å². The van der Waals surface area contributed by atoms with Crippen LogP contribution in [0.15, 0.2) is 35.4 Å². The number of hydrogen-bond acceptors (Lipinski definition) is 7. The minimum Gasteiger partial charge on any atom is -0.490 e. The molecule has 0 atom stereocenters. The molecule has 0 unspecified atom stereocenters. The first-order chi connectivity index (χ1) is 11.6. The molecule has 9 nitrogen and oxygen atoms in total. The third kappa shape index (κ3) is 2.40. The van der Waals surface area contributed by atoms with Gasteiger partial charge in [-0.15, -0.1) is 10.2 Å². The SMILES string of the molecule is O=c1[nH]c2ccc(Cl)cc2cc1CNc1nnc2ncnn2c1O. The molecule has 3 aromatic heterocycles. The maximum atomic E-state index is 12.1. The number of benzene rings is 1. The molecule has 1 aromatic carbocycles. The lowest BCUT2D eigenvalue weighted by molar-refractivity contribution is 0.433. The molecule has 24 heavy (non-hydrogen) atoms. The molecule has 120 valence electrons. The fourth-order valence-corrected chi connectivity index (χ4v) is 2.52. The number of pyridine rings is 1. The zero-order chi connectivity index (χ0) is 16.7. The molecule has 0 radical (unpaired) electrons. The van der Waals surface area contributed by atoms with E-state index in [0.717, 1.165) is 9.90 Å². The van der Waals surface area contributed by atoms with E-state index >= 15 is 0 Å². The number of nitrogens with zero attached hydrogens (tertiary/aromatic N) is 5. The minimum atomic E-state index is -0.244. The number of rotatable bonds is 3. The van der Waals surface area contributed by atoms with Gasteiger partial charge in [-0.05, 0) is 24.3 Å². The van der Waals surface area contributed by atoms with Gasteiger partial charge in [0, 0.05) is 28.0 Å². The Labute approximate surface area is 138 Å². The largest absolute Gasteiger partial charge is 0.490 e. The molecule has 0 bridgehead atoms. The molecule has 4 aromatic rings. The molecule has 10 heteroatoms. The van der Waals surface area contributed by atoms with Crippen LogP contribution in [0, 0.1) is 0 Å². The highest BCUT2D eigenvalue weighted by Crippen LogP contribution is 2.20. The molecule has 0 fully saturated rings. The van der Waals surface area contributed by atoms with Gasteiger partial charge in [0.25, 0.3) is 17.2 Å². The summed E-state index contributed by atoms with van der Waals surface area (Å²) < 4.78 is 1.14. The maximum absolute atomic E-state index is 12.1. The summed E-state index contributed by atoms with van der Waals surface area (Å²) in [5.41, 5.74) is 0.913. The second kappa shape index (κ2) is 5.46. The molecular weight excluding hydrogens is 334 g/mol. The summed E-state index contributed by atoms with van der Waals surface area (Å²) in [6.07, 6.45) is 1.26. The Hall–Kier alpha value is -3.20. The van der Waals surface area contributed by atoms with Crippen LogP contribution < -0.4 is 10.9 Å². The van der Waals surface area contributed by atoms with Gasteiger partial charge in [0.2, 0.25) is 5.82 Å². The van der Waals surface area contributed by atoms with Crippen molar-refractivity contribution in [2.45, 2.75) is 6.54 Å². The zero-order valence-corrected chi connectivity index (χ0v) is 12.8. The Morgan fingerprint density at radius 1 is 1.29 bits per heavy atom. The lowest BCUT2D eigenvalue weighted by Gasteiger charge is -2.07. The van der Waals surface area contributed by atoms with Crippen LogP contribution in [0.5, 0.6) is 5.88 Å². The Morgan fingerprint density at radius 3 is 3.04 bits per heavy atom. The third-order valence-electron chi connectivity index (χ3n) is 3.51. The van der Waals surface area contributed by atoms with Gasteiger partial charge in [-0.1, -0.05) is 11.6 Å². The second-order valence-corrected chi connectivity index (χ2v) is 5.49. The Morgan fingerprint density at radius 2 is 2.17 bits per heavy atom. The first kappa shape index (κ1) is 14.4. The highest BCUT2D eigenvalue weighted by atomic mass is 35.5. The summed E-state index contributed by atoms with van der Waals surface area (Å²) in [5.74, 6) is 0.0348. The fraction of sp³-hybridized carbons (Fsp3) is 0.0714. The van der Waals surface area contributed by atoms with Gasteiger partial charge < -0.3 is 15.4 Å². The van der Waals surface area contributed by atoms with Crippen molar-refractivity contribution in [2.24, 2.45) is 0 Å². The average Bonchev–Trinajstić information content (AvgIpc) is 3.04. The van der Waals surface area contributed by atoms with E-state index in [-0.39, 0.29) is 29.6 Å². The molecule has 0 aliphatic carbocycles. The summed E-state index contributed by atoms with van der Waals surface area (Å²) in [7, 11) is 0.